The van der Waals surface area contributed by atoms with Crippen LogP contribution in [-0.2, 0) is 16.6 Å². The number of hydrogen-bond acceptors (Lipinski definition) is 6. The van der Waals surface area contributed by atoms with E-state index in [2.05, 4.69) is 24.9 Å². The molecule has 0 spiro atoms. The number of aromatic nitrogens is 4. The summed E-state index contributed by atoms with van der Waals surface area (Å²) in [6.07, 6.45) is 3.62. The molecule has 3 heterocycles. The van der Waals surface area contributed by atoms with Crippen molar-refractivity contribution in [2.75, 3.05) is 26.2 Å². The number of fused-ring (bicyclic) bond motifs is 1. The predicted octanol–water partition coefficient (Wildman–Crippen LogP) is 5.26. The minimum absolute atomic E-state index is 0.136. The highest BCUT2D eigenvalue weighted by Gasteiger charge is 2.23. The zero-order chi connectivity index (χ0) is 30.8. The molecule has 6 rings (SSSR count). The Bertz CT molecular complexity index is 1910. The summed E-state index contributed by atoms with van der Waals surface area (Å²) in [7, 11) is -3.70. The molecule has 0 atom stereocenters. The first-order chi connectivity index (χ1) is 21.2. The van der Waals surface area contributed by atoms with Crippen molar-refractivity contribution in [3.63, 3.8) is 0 Å². The number of hydrogen-bond donors (Lipinski definition) is 2. The molecule has 12 heteroatoms. The second kappa shape index (κ2) is 12.4. The third-order valence-electron chi connectivity index (χ3n) is 8.13. The maximum absolute atomic E-state index is 14.1. The zero-order valence-corrected chi connectivity index (χ0v) is 24.9. The van der Waals surface area contributed by atoms with Crippen LogP contribution in [0.3, 0.4) is 0 Å². The average Bonchev–Trinajstić information content (AvgIpc) is 3.62. The molecule has 0 unspecified atom stereocenters. The first kappa shape index (κ1) is 29.8. The number of aromatic amines is 1. The van der Waals surface area contributed by atoms with E-state index in [1.165, 1.54) is 37.3 Å². The molecule has 5 aromatic rings. The molecule has 2 aromatic heterocycles. The lowest BCUT2D eigenvalue weighted by atomic mass is 9.97. The highest BCUT2D eigenvalue weighted by atomic mass is 32.2. The van der Waals surface area contributed by atoms with Gasteiger partial charge in [-0.1, -0.05) is 35.5 Å². The standard InChI is InChI=1S/C32H32F2N6O3S/c1-21(41)32-31(27-18-24(33)8-11-29(27)36-32)30-20-40(38-37-30)19-22-12-15-39(16-13-22)17-14-35-44(42,43)25-9-6-23(7-10-25)26-4-2-3-5-28(26)34/h2-11,18,20,22,35-36H,12-17,19H2,1H3. The Labute approximate surface area is 253 Å². The SMILES string of the molecule is CC(=O)c1[nH]c2ccc(F)cc2c1-c1cn(CC2CCN(CCNS(=O)(=O)c3ccc(-c4ccccc4F)cc3)CC2)nn1. The summed E-state index contributed by atoms with van der Waals surface area (Å²) in [6.45, 7) is 4.61. The Hall–Kier alpha value is -4.26. The molecule has 0 radical (unpaired) electrons. The van der Waals surface area contributed by atoms with Crippen LogP contribution in [0.5, 0.6) is 0 Å². The van der Waals surface area contributed by atoms with Crippen LogP contribution in [0.4, 0.5) is 8.78 Å². The quantitative estimate of drug-likeness (QED) is 0.207. The highest BCUT2D eigenvalue weighted by molar-refractivity contribution is 7.89. The average molecular weight is 619 g/mol. The third-order valence-corrected chi connectivity index (χ3v) is 9.61. The molecule has 3 aromatic carbocycles. The van der Waals surface area contributed by atoms with Crippen molar-refractivity contribution >= 4 is 26.7 Å². The molecule has 1 fully saturated rings. The van der Waals surface area contributed by atoms with Gasteiger partial charge < -0.3 is 9.88 Å². The van der Waals surface area contributed by atoms with E-state index >= 15 is 0 Å². The molecule has 2 N–H and O–H groups in total. The topological polar surface area (TPSA) is 113 Å². The molecular formula is C32H32F2N6O3S. The fourth-order valence-corrected chi connectivity index (χ4v) is 6.81. The van der Waals surface area contributed by atoms with Crippen LogP contribution >= 0.6 is 0 Å². The first-order valence-corrected chi connectivity index (χ1v) is 16.0. The third kappa shape index (κ3) is 6.33. The Morgan fingerprint density at radius 3 is 2.52 bits per heavy atom. The number of halogens is 2. The molecule has 0 aliphatic carbocycles. The van der Waals surface area contributed by atoms with Gasteiger partial charge in [-0.25, -0.2) is 21.9 Å². The van der Waals surface area contributed by atoms with Gasteiger partial charge in [-0.15, -0.1) is 5.10 Å². The van der Waals surface area contributed by atoms with Crippen molar-refractivity contribution in [2.24, 2.45) is 5.92 Å². The van der Waals surface area contributed by atoms with Crippen molar-refractivity contribution in [3.05, 3.63) is 90.3 Å². The maximum Gasteiger partial charge on any atom is 0.240 e. The van der Waals surface area contributed by atoms with E-state index in [0.717, 1.165) is 25.9 Å². The monoisotopic (exact) mass is 618 g/mol. The molecule has 9 nitrogen and oxygen atoms in total. The number of piperidine rings is 1. The van der Waals surface area contributed by atoms with Crippen LogP contribution in [0.15, 0.2) is 77.8 Å². The van der Waals surface area contributed by atoms with Crippen molar-refractivity contribution in [3.8, 4) is 22.4 Å². The van der Waals surface area contributed by atoms with Crippen LogP contribution in [0.25, 0.3) is 33.3 Å². The second-order valence-electron chi connectivity index (χ2n) is 11.1. The molecule has 0 amide bonds. The fourth-order valence-electron chi connectivity index (χ4n) is 5.78. The lowest BCUT2D eigenvalue weighted by Gasteiger charge is -2.31. The van der Waals surface area contributed by atoms with Crippen LogP contribution in [0, 0.1) is 17.6 Å². The molecule has 1 aliphatic heterocycles. The van der Waals surface area contributed by atoms with Crippen LogP contribution in [-0.4, -0.2) is 65.3 Å². The van der Waals surface area contributed by atoms with Gasteiger partial charge in [0.25, 0.3) is 0 Å². The van der Waals surface area contributed by atoms with E-state index in [4.69, 9.17) is 0 Å². The van der Waals surface area contributed by atoms with Gasteiger partial charge in [-0.3, -0.25) is 9.48 Å². The van der Waals surface area contributed by atoms with Crippen molar-refractivity contribution in [2.45, 2.75) is 31.2 Å². The molecule has 228 valence electrons. The van der Waals surface area contributed by atoms with E-state index in [1.54, 1.807) is 47.3 Å². The number of likely N-dealkylation sites (tertiary alicyclic amines) is 1. The van der Waals surface area contributed by atoms with Crippen molar-refractivity contribution in [1.29, 1.82) is 0 Å². The minimum Gasteiger partial charge on any atom is -0.352 e. The normalized spacial score (nSPS) is 14.8. The van der Waals surface area contributed by atoms with E-state index in [-0.39, 0.29) is 23.0 Å². The van der Waals surface area contributed by atoms with E-state index in [0.29, 0.717) is 58.0 Å². The highest BCUT2D eigenvalue weighted by Crippen LogP contribution is 2.32. The summed E-state index contributed by atoms with van der Waals surface area (Å²) in [5.74, 6) is -0.561. The molecule has 44 heavy (non-hydrogen) atoms. The smallest absolute Gasteiger partial charge is 0.240 e. The molecule has 1 aliphatic rings. The molecule has 0 saturated carbocycles. The first-order valence-electron chi connectivity index (χ1n) is 14.5. The van der Waals surface area contributed by atoms with Gasteiger partial charge in [0.15, 0.2) is 5.78 Å². The Morgan fingerprint density at radius 1 is 1.05 bits per heavy atom. The van der Waals surface area contributed by atoms with Gasteiger partial charge in [0.05, 0.1) is 16.8 Å². The Balaban J connectivity index is 1.01. The van der Waals surface area contributed by atoms with Gasteiger partial charge in [-0.05, 0) is 73.8 Å². The maximum atomic E-state index is 14.1. The Kier molecular flexibility index (Phi) is 8.39. The van der Waals surface area contributed by atoms with E-state index in [9.17, 15) is 22.0 Å². The number of nitrogens with zero attached hydrogens (tertiary/aromatic N) is 4. The summed E-state index contributed by atoms with van der Waals surface area (Å²) in [5.41, 5.74) is 3.14. The van der Waals surface area contributed by atoms with E-state index in [1.807, 2.05) is 0 Å². The number of Topliss-reactive ketones (excluding diaryl/α,β-unsaturated/α-hetero) is 1. The molecule has 1 saturated heterocycles. The minimum atomic E-state index is -3.70. The van der Waals surface area contributed by atoms with Crippen LogP contribution in [0.2, 0.25) is 0 Å². The van der Waals surface area contributed by atoms with Gasteiger partial charge in [-0.2, -0.15) is 0 Å². The lowest BCUT2D eigenvalue weighted by Crippen LogP contribution is -2.40. The van der Waals surface area contributed by atoms with Crippen molar-refractivity contribution < 1.29 is 22.0 Å². The van der Waals surface area contributed by atoms with Gasteiger partial charge in [0, 0.05) is 48.6 Å². The van der Waals surface area contributed by atoms with Gasteiger partial charge >= 0.3 is 0 Å². The number of carbonyl (C=O) groups excluding carboxylic acids is 1. The fraction of sp³-hybridized carbons (Fsp3) is 0.281. The summed E-state index contributed by atoms with van der Waals surface area (Å²) in [6, 6.07) is 16.9. The predicted molar refractivity (Wildman–Crippen MR) is 163 cm³/mol. The van der Waals surface area contributed by atoms with Crippen LogP contribution in [0.1, 0.15) is 30.3 Å². The number of carbonyl (C=O) groups is 1. The van der Waals surface area contributed by atoms with E-state index < -0.39 is 15.8 Å². The number of sulfonamides is 1. The Morgan fingerprint density at radius 2 is 1.80 bits per heavy atom. The summed E-state index contributed by atoms with van der Waals surface area (Å²) in [5, 5.41) is 9.18. The van der Waals surface area contributed by atoms with Gasteiger partial charge in [0.1, 0.15) is 17.3 Å². The zero-order valence-electron chi connectivity index (χ0n) is 24.1. The largest absolute Gasteiger partial charge is 0.352 e. The molecular weight excluding hydrogens is 586 g/mol. The van der Waals surface area contributed by atoms with Gasteiger partial charge in [0.2, 0.25) is 10.0 Å². The second-order valence-corrected chi connectivity index (χ2v) is 12.9. The number of ketones is 1. The number of rotatable bonds is 10. The number of H-pyrrole nitrogens is 1. The number of nitrogens with one attached hydrogen (secondary N) is 2. The summed E-state index contributed by atoms with van der Waals surface area (Å²) < 4.78 is 58.1. The summed E-state index contributed by atoms with van der Waals surface area (Å²) >= 11 is 0. The van der Waals surface area contributed by atoms with Crippen LogP contribution < -0.4 is 4.72 Å². The lowest BCUT2D eigenvalue weighted by molar-refractivity contribution is 0.101. The summed E-state index contributed by atoms with van der Waals surface area (Å²) in [4.78, 5) is 17.7. The van der Waals surface area contributed by atoms with Crippen molar-refractivity contribution in [1.82, 2.24) is 29.6 Å². The number of benzene rings is 3. The molecule has 0 bridgehead atoms.